The number of aromatic amines is 1. The first-order valence-electron chi connectivity index (χ1n) is 5.42. The Labute approximate surface area is 105 Å². The number of anilines is 2. The maximum absolute atomic E-state index is 12.4. The zero-order chi connectivity index (χ0) is 13.2. The molecule has 0 aliphatic carbocycles. The largest absolute Gasteiger partial charge is 0.399 e. The molecule has 1 heterocycles. The van der Waals surface area contributed by atoms with Crippen LogP contribution in [0.3, 0.4) is 0 Å². The zero-order valence-corrected chi connectivity index (χ0v) is 10.7. The molecule has 7 heteroatoms. The molecule has 0 saturated heterocycles. The van der Waals surface area contributed by atoms with Crippen molar-refractivity contribution in [2.75, 3.05) is 16.6 Å². The van der Waals surface area contributed by atoms with Gasteiger partial charge in [-0.05, 0) is 25.1 Å². The van der Waals surface area contributed by atoms with E-state index in [1.165, 1.54) is 16.7 Å². The molecule has 0 fully saturated rings. The number of nitrogens with one attached hydrogen (secondary N) is 1. The Balaban J connectivity index is 2.47. The van der Waals surface area contributed by atoms with E-state index in [0.717, 1.165) is 0 Å². The second kappa shape index (κ2) is 4.69. The van der Waals surface area contributed by atoms with Crippen molar-refractivity contribution in [2.45, 2.75) is 11.8 Å². The maximum Gasteiger partial charge on any atom is 0.267 e. The Hall–Kier alpha value is -2.02. The minimum absolute atomic E-state index is 0.131. The summed E-state index contributed by atoms with van der Waals surface area (Å²) >= 11 is 0. The lowest BCUT2D eigenvalue weighted by Crippen LogP contribution is -2.30. The van der Waals surface area contributed by atoms with E-state index in [0.29, 0.717) is 17.9 Å². The third-order valence-electron chi connectivity index (χ3n) is 2.51. The molecule has 0 atom stereocenters. The molecule has 0 saturated carbocycles. The highest BCUT2D eigenvalue weighted by Crippen LogP contribution is 2.24. The summed E-state index contributed by atoms with van der Waals surface area (Å²) in [6.45, 7) is 2.08. The van der Waals surface area contributed by atoms with Crippen LogP contribution in [0.4, 0.5) is 11.4 Å². The number of nitrogens with zero attached hydrogens (tertiary/aromatic N) is 2. The molecule has 0 radical (unpaired) electrons. The molecular formula is C11H14N4O2S. The van der Waals surface area contributed by atoms with Crippen LogP contribution in [-0.4, -0.2) is 25.2 Å². The van der Waals surface area contributed by atoms with Crippen molar-refractivity contribution in [1.29, 1.82) is 0 Å². The van der Waals surface area contributed by atoms with E-state index < -0.39 is 10.0 Å². The summed E-state index contributed by atoms with van der Waals surface area (Å²) in [5, 5.41) is 6.16. The van der Waals surface area contributed by atoms with Crippen molar-refractivity contribution >= 4 is 21.4 Å². The van der Waals surface area contributed by atoms with Gasteiger partial charge >= 0.3 is 0 Å². The molecule has 6 nitrogen and oxygen atoms in total. The molecule has 2 aromatic rings. The molecule has 0 aliphatic rings. The fourth-order valence-corrected chi connectivity index (χ4v) is 3.05. The molecule has 2 rings (SSSR count). The van der Waals surface area contributed by atoms with Gasteiger partial charge in [-0.25, -0.2) is 8.42 Å². The van der Waals surface area contributed by atoms with Crippen molar-refractivity contribution in [3.05, 3.63) is 36.7 Å². The molecule has 0 unspecified atom stereocenters. The predicted octanol–water partition coefficient (Wildman–Crippen LogP) is 1.21. The molecule has 0 bridgehead atoms. The van der Waals surface area contributed by atoms with Crippen LogP contribution in [0, 0.1) is 0 Å². The lowest BCUT2D eigenvalue weighted by Gasteiger charge is -2.22. The third kappa shape index (κ3) is 2.17. The van der Waals surface area contributed by atoms with Crippen LogP contribution >= 0.6 is 0 Å². The second-order valence-electron chi connectivity index (χ2n) is 3.70. The van der Waals surface area contributed by atoms with Crippen molar-refractivity contribution in [2.24, 2.45) is 0 Å². The van der Waals surface area contributed by atoms with E-state index in [-0.39, 0.29) is 4.90 Å². The Morgan fingerprint density at radius 2 is 2.22 bits per heavy atom. The van der Waals surface area contributed by atoms with Gasteiger partial charge in [0.25, 0.3) is 10.0 Å². The topological polar surface area (TPSA) is 92.1 Å². The average Bonchev–Trinajstić information content (AvgIpc) is 2.83. The maximum atomic E-state index is 12.4. The highest BCUT2D eigenvalue weighted by molar-refractivity contribution is 7.92. The first-order valence-corrected chi connectivity index (χ1v) is 6.86. The molecule has 0 spiro atoms. The number of nitrogens with two attached hydrogens (primary N) is 1. The van der Waals surface area contributed by atoms with Gasteiger partial charge in [-0.1, -0.05) is 6.07 Å². The van der Waals surface area contributed by atoms with Crippen LogP contribution in [0.5, 0.6) is 0 Å². The van der Waals surface area contributed by atoms with Crippen LogP contribution in [0.25, 0.3) is 0 Å². The number of aromatic nitrogens is 2. The molecule has 18 heavy (non-hydrogen) atoms. The van der Waals surface area contributed by atoms with Crippen LogP contribution in [0.2, 0.25) is 0 Å². The van der Waals surface area contributed by atoms with Crippen LogP contribution in [0.15, 0.2) is 41.6 Å². The van der Waals surface area contributed by atoms with Gasteiger partial charge in [0.05, 0.1) is 11.9 Å². The monoisotopic (exact) mass is 266 g/mol. The zero-order valence-electron chi connectivity index (χ0n) is 9.87. The number of sulfonamides is 1. The number of hydrogen-bond acceptors (Lipinski definition) is 4. The van der Waals surface area contributed by atoms with E-state index in [4.69, 9.17) is 5.73 Å². The molecule has 0 aliphatic heterocycles. The Morgan fingerprint density at radius 3 is 2.78 bits per heavy atom. The van der Waals surface area contributed by atoms with Gasteiger partial charge in [0, 0.05) is 18.4 Å². The van der Waals surface area contributed by atoms with Gasteiger partial charge in [-0.15, -0.1) is 0 Å². The van der Waals surface area contributed by atoms with Crippen molar-refractivity contribution in [3.63, 3.8) is 0 Å². The number of hydrogen-bond donors (Lipinski definition) is 2. The second-order valence-corrected chi connectivity index (χ2v) is 5.56. The van der Waals surface area contributed by atoms with Gasteiger partial charge < -0.3 is 5.73 Å². The van der Waals surface area contributed by atoms with Gasteiger partial charge in [0.15, 0.2) is 0 Å². The third-order valence-corrected chi connectivity index (χ3v) is 4.37. The molecular weight excluding hydrogens is 252 g/mol. The van der Waals surface area contributed by atoms with Gasteiger partial charge in [-0.2, -0.15) is 5.10 Å². The number of benzene rings is 1. The summed E-state index contributed by atoms with van der Waals surface area (Å²) < 4.78 is 26.0. The quantitative estimate of drug-likeness (QED) is 0.813. The van der Waals surface area contributed by atoms with E-state index in [1.807, 2.05) is 0 Å². The Bertz CT molecular complexity index is 622. The predicted molar refractivity (Wildman–Crippen MR) is 69.6 cm³/mol. The Morgan fingerprint density at radius 1 is 1.44 bits per heavy atom. The number of rotatable bonds is 4. The lowest BCUT2D eigenvalue weighted by molar-refractivity contribution is 0.592. The van der Waals surface area contributed by atoms with Crippen molar-refractivity contribution < 1.29 is 8.42 Å². The van der Waals surface area contributed by atoms with Crippen molar-refractivity contribution in [1.82, 2.24) is 10.2 Å². The molecule has 0 amide bonds. The smallest absolute Gasteiger partial charge is 0.267 e. The molecule has 1 aromatic heterocycles. The first kappa shape index (κ1) is 12.4. The van der Waals surface area contributed by atoms with Gasteiger partial charge in [-0.3, -0.25) is 9.40 Å². The SMILES string of the molecule is CCN(c1cccc(N)c1)S(=O)(=O)c1cn[nH]c1. The summed E-state index contributed by atoms with van der Waals surface area (Å²) in [4.78, 5) is 0.131. The minimum Gasteiger partial charge on any atom is -0.399 e. The molecule has 96 valence electrons. The lowest BCUT2D eigenvalue weighted by atomic mass is 10.3. The summed E-state index contributed by atoms with van der Waals surface area (Å²) in [5.74, 6) is 0. The standard InChI is InChI=1S/C11H14N4O2S/c1-2-15(10-5-3-4-9(12)6-10)18(16,17)11-7-13-14-8-11/h3-8H,2,12H2,1H3,(H,13,14). The van der Waals surface area contributed by atoms with E-state index in [9.17, 15) is 8.42 Å². The van der Waals surface area contributed by atoms with Gasteiger partial charge in [0.2, 0.25) is 0 Å². The minimum atomic E-state index is -3.59. The summed E-state index contributed by atoms with van der Waals surface area (Å²) in [6.07, 6.45) is 2.63. The number of H-pyrrole nitrogens is 1. The van der Waals surface area contributed by atoms with Crippen LogP contribution < -0.4 is 10.0 Å². The van der Waals surface area contributed by atoms with E-state index >= 15 is 0 Å². The highest BCUT2D eigenvalue weighted by atomic mass is 32.2. The van der Waals surface area contributed by atoms with Crippen LogP contribution in [-0.2, 0) is 10.0 Å². The number of nitrogen functional groups attached to an aromatic ring is 1. The summed E-state index contributed by atoms with van der Waals surface area (Å²) in [5.41, 5.74) is 6.74. The Kier molecular flexibility index (Phi) is 3.24. The summed E-state index contributed by atoms with van der Waals surface area (Å²) in [6, 6.07) is 6.76. The first-order chi connectivity index (χ1) is 8.55. The van der Waals surface area contributed by atoms with E-state index in [1.54, 1.807) is 31.2 Å². The normalized spacial score (nSPS) is 11.4. The average molecular weight is 266 g/mol. The van der Waals surface area contributed by atoms with Gasteiger partial charge in [0.1, 0.15) is 4.90 Å². The summed E-state index contributed by atoms with van der Waals surface area (Å²) in [7, 11) is -3.59. The fourth-order valence-electron chi connectivity index (χ4n) is 1.68. The fraction of sp³-hybridized carbons (Fsp3) is 0.182. The van der Waals surface area contributed by atoms with Crippen molar-refractivity contribution in [3.8, 4) is 0 Å². The highest BCUT2D eigenvalue weighted by Gasteiger charge is 2.24. The van der Waals surface area contributed by atoms with E-state index in [2.05, 4.69) is 10.2 Å². The molecule has 1 aromatic carbocycles. The van der Waals surface area contributed by atoms with Crippen LogP contribution in [0.1, 0.15) is 6.92 Å². The molecule has 3 N–H and O–H groups in total.